The van der Waals surface area contributed by atoms with Gasteiger partial charge < -0.3 is 4.74 Å². The topological polar surface area (TPSA) is 122 Å². The van der Waals surface area contributed by atoms with Crippen LogP contribution >= 0.6 is 0 Å². The largest absolute Gasteiger partial charge is 0.469 e. The molecule has 1 aromatic heterocycles. The summed E-state index contributed by atoms with van der Waals surface area (Å²) in [5.74, 6) is -2.03. The second-order valence-electron chi connectivity index (χ2n) is 4.62. The zero-order valence-electron chi connectivity index (χ0n) is 11.1. The van der Waals surface area contributed by atoms with E-state index >= 15 is 0 Å². The van der Waals surface area contributed by atoms with Crippen molar-refractivity contribution in [3.63, 3.8) is 0 Å². The molecule has 11 heteroatoms. The molecule has 1 aromatic rings. The monoisotopic (exact) mass is 320 g/mol. The number of H-pyrrole nitrogens is 1. The van der Waals surface area contributed by atoms with E-state index in [-0.39, 0.29) is 31.2 Å². The Morgan fingerprint density at radius 1 is 1.57 bits per heavy atom. The summed E-state index contributed by atoms with van der Waals surface area (Å²) >= 11 is 0. The van der Waals surface area contributed by atoms with Gasteiger partial charge in [-0.15, -0.1) is 8.98 Å². The predicted molar refractivity (Wildman–Crippen MR) is 67.5 cm³/mol. The Balaban J connectivity index is 2.05. The fourth-order valence-corrected chi connectivity index (χ4v) is 2.85. The molecule has 0 saturated carbocycles. The number of methoxy groups -OCH3 is 1. The van der Waals surface area contributed by atoms with Crippen molar-refractivity contribution in [2.24, 2.45) is 5.92 Å². The van der Waals surface area contributed by atoms with Gasteiger partial charge >= 0.3 is 16.2 Å². The van der Waals surface area contributed by atoms with E-state index in [1.807, 2.05) is 0 Å². The molecule has 2 heterocycles. The quantitative estimate of drug-likeness (QED) is 0.555. The Kier molecular flexibility index (Phi) is 4.21. The molecule has 1 saturated heterocycles. The van der Waals surface area contributed by atoms with Crippen molar-refractivity contribution in [1.82, 2.24) is 15.2 Å². The number of amides is 1. The van der Waals surface area contributed by atoms with E-state index in [0.717, 1.165) is 4.90 Å². The summed E-state index contributed by atoms with van der Waals surface area (Å²) in [6, 6.07) is 0. The number of carbonyl (C=O) groups is 2. The Hall–Kier alpha value is -2.04. The number of rotatable bonds is 5. The average molecular weight is 320 g/mol. The zero-order valence-corrected chi connectivity index (χ0v) is 11.9. The van der Waals surface area contributed by atoms with Gasteiger partial charge in [-0.25, -0.2) is 0 Å². The molecule has 1 fully saturated rings. The molecule has 1 amide bonds. The van der Waals surface area contributed by atoms with Gasteiger partial charge in [0.05, 0.1) is 12.9 Å². The van der Waals surface area contributed by atoms with Crippen LogP contribution in [0.3, 0.4) is 0 Å². The lowest BCUT2D eigenvalue weighted by Crippen LogP contribution is -2.26. The van der Waals surface area contributed by atoms with Gasteiger partial charge in [-0.05, 0) is 0 Å². The summed E-state index contributed by atoms with van der Waals surface area (Å²) in [5, 5.41) is 6.27. The molecule has 1 unspecified atom stereocenters. The number of esters is 1. The van der Waals surface area contributed by atoms with E-state index in [2.05, 4.69) is 19.9 Å². The first-order chi connectivity index (χ1) is 9.78. The molecular weight excluding hydrogens is 307 g/mol. The smallest absolute Gasteiger partial charge is 0.313 e. The minimum absolute atomic E-state index is 0.0114. The standard InChI is InChI=1S/C10H13FN4O5S/c1-20-9(17)3-7-12-10(14-13-7)15-4-6(2-8(15)16)5-21(11,18)19/h6H,2-5H2,1H3,(H,12,13,14). The van der Waals surface area contributed by atoms with Crippen LogP contribution in [0, 0.1) is 5.92 Å². The van der Waals surface area contributed by atoms with E-state index in [1.54, 1.807) is 0 Å². The second-order valence-corrected chi connectivity index (χ2v) is 6.03. The lowest BCUT2D eigenvalue weighted by Gasteiger charge is -2.10. The van der Waals surface area contributed by atoms with Crippen LogP contribution in [0.2, 0.25) is 0 Å². The summed E-state index contributed by atoms with van der Waals surface area (Å²) in [7, 11) is -3.41. The molecule has 116 valence electrons. The van der Waals surface area contributed by atoms with Crippen molar-refractivity contribution >= 4 is 28.0 Å². The molecule has 1 N–H and O–H groups in total. The van der Waals surface area contributed by atoms with E-state index in [4.69, 9.17) is 0 Å². The first kappa shape index (κ1) is 15.4. The van der Waals surface area contributed by atoms with Gasteiger partial charge in [-0.2, -0.15) is 13.4 Å². The lowest BCUT2D eigenvalue weighted by molar-refractivity contribution is -0.139. The number of aromatic nitrogens is 3. The van der Waals surface area contributed by atoms with Gasteiger partial charge in [-0.1, -0.05) is 0 Å². The van der Waals surface area contributed by atoms with Gasteiger partial charge in [0.15, 0.2) is 0 Å². The van der Waals surface area contributed by atoms with E-state index < -0.39 is 33.8 Å². The van der Waals surface area contributed by atoms with Gasteiger partial charge in [0.2, 0.25) is 5.91 Å². The molecule has 2 rings (SSSR count). The number of aromatic amines is 1. The Morgan fingerprint density at radius 3 is 2.90 bits per heavy atom. The lowest BCUT2D eigenvalue weighted by atomic mass is 10.1. The third-order valence-corrected chi connectivity index (χ3v) is 3.81. The second kappa shape index (κ2) is 5.76. The molecule has 9 nitrogen and oxygen atoms in total. The number of anilines is 1. The molecule has 0 spiro atoms. The molecule has 1 aliphatic rings. The summed E-state index contributed by atoms with van der Waals surface area (Å²) in [6.07, 6.45) is -0.224. The van der Waals surface area contributed by atoms with Crippen LogP contribution in [0.1, 0.15) is 12.2 Å². The van der Waals surface area contributed by atoms with Crippen LogP contribution in [0.15, 0.2) is 0 Å². The highest BCUT2D eigenvalue weighted by molar-refractivity contribution is 7.86. The first-order valence-corrected chi connectivity index (χ1v) is 7.54. The minimum atomic E-state index is -4.64. The fourth-order valence-electron chi connectivity index (χ4n) is 2.06. The van der Waals surface area contributed by atoms with Gasteiger partial charge in [-0.3, -0.25) is 19.6 Å². The highest BCUT2D eigenvalue weighted by Gasteiger charge is 2.35. The number of halogens is 1. The first-order valence-electron chi connectivity index (χ1n) is 5.99. The molecular formula is C10H13FN4O5S. The fraction of sp³-hybridized carbons (Fsp3) is 0.600. The summed E-state index contributed by atoms with van der Waals surface area (Å²) in [5.41, 5.74) is 0. The molecule has 0 radical (unpaired) electrons. The average Bonchev–Trinajstić information content (AvgIpc) is 2.94. The Morgan fingerprint density at radius 2 is 2.29 bits per heavy atom. The van der Waals surface area contributed by atoms with E-state index in [1.165, 1.54) is 7.11 Å². The number of nitrogens with one attached hydrogen (secondary N) is 1. The third-order valence-electron chi connectivity index (χ3n) is 2.94. The maximum atomic E-state index is 12.6. The normalized spacial score (nSPS) is 19.0. The van der Waals surface area contributed by atoms with Crippen LogP contribution in [-0.4, -0.2) is 54.9 Å². The van der Waals surface area contributed by atoms with E-state index in [9.17, 15) is 21.9 Å². The van der Waals surface area contributed by atoms with E-state index in [0.29, 0.717) is 0 Å². The predicted octanol–water partition coefficient (Wildman–Crippen LogP) is -0.828. The Labute approximate surface area is 119 Å². The van der Waals surface area contributed by atoms with Gasteiger partial charge in [0.1, 0.15) is 12.2 Å². The molecule has 21 heavy (non-hydrogen) atoms. The zero-order chi connectivity index (χ0) is 15.6. The molecule has 0 aromatic carbocycles. The summed E-state index contributed by atoms with van der Waals surface area (Å²) < 4.78 is 38.3. The van der Waals surface area contributed by atoms with Crippen molar-refractivity contribution in [3.05, 3.63) is 5.82 Å². The number of ether oxygens (including phenoxy) is 1. The van der Waals surface area contributed by atoms with Gasteiger partial charge in [0, 0.05) is 18.9 Å². The number of hydrogen-bond acceptors (Lipinski definition) is 7. The van der Waals surface area contributed by atoms with Crippen LogP contribution in [0.4, 0.5) is 9.83 Å². The Bertz CT molecular complexity index is 658. The molecule has 0 bridgehead atoms. The maximum absolute atomic E-state index is 12.6. The number of carbonyl (C=O) groups excluding carboxylic acids is 2. The SMILES string of the molecule is COC(=O)Cc1nc(N2CC(CS(=O)(=O)F)CC2=O)n[nH]1. The van der Waals surface area contributed by atoms with Crippen LogP contribution in [0.25, 0.3) is 0 Å². The van der Waals surface area contributed by atoms with Crippen molar-refractivity contribution in [3.8, 4) is 0 Å². The summed E-state index contributed by atoms with van der Waals surface area (Å²) in [6.45, 7) is 0.0114. The summed E-state index contributed by atoms with van der Waals surface area (Å²) in [4.78, 5) is 28.0. The van der Waals surface area contributed by atoms with Gasteiger partial charge in [0.25, 0.3) is 5.95 Å². The third kappa shape index (κ3) is 3.97. The molecule has 1 aliphatic heterocycles. The van der Waals surface area contributed by atoms with Crippen LogP contribution in [-0.2, 0) is 31.0 Å². The van der Waals surface area contributed by atoms with Crippen molar-refractivity contribution in [2.45, 2.75) is 12.8 Å². The minimum Gasteiger partial charge on any atom is -0.469 e. The van der Waals surface area contributed by atoms with Crippen molar-refractivity contribution in [2.75, 3.05) is 24.3 Å². The van der Waals surface area contributed by atoms with Crippen molar-refractivity contribution < 1.29 is 26.6 Å². The molecule has 0 aliphatic carbocycles. The number of hydrogen-bond donors (Lipinski definition) is 1. The van der Waals surface area contributed by atoms with Crippen molar-refractivity contribution in [1.29, 1.82) is 0 Å². The highest BCUT2D eigenvalue weighted by Crippen LogP contribution is 2.23. The van der Waals surface area contributed by atoms with Crippen LogP contribution < -0.4 is 4.90 Å². The van der Waals surface area contributed by atoms with Crippen LogP contribution in [0.5, 0.6) is 0 Å². The maximum Gasteiger partial charge on any atom is 0.313 e. The number of nitrogens with zero attached hydrogens (tertiary/aromatic N) is 3. The highest BCUT2D eigenvalue weighted by atomic mass is 32.3. The molecule has 1 atom stereocenters.